The van der Waals surface area contributed by atoms with Gasteiger partial charge < -0.3 is 4.74 Å². The highest BCUT2D eigenvalue weighted by Gasteiger charge is 2.32. The van der Waals surface area contributed by atoms with Crippen LogP contribution >= 0.6 is 15.9 Å². The Morgan fingerprint density at radius 1 is 1.36 bits per heavy atom. The molecule has 78 valence electrons. The normalized spacial score (nSPS) is 11.6. The van der Waals surface area contributed by atoms with Crippen LogP contribution in [0.2, 0.25) is 0 Å². The van der Waals surface area contributed by atoms with Crippen molar-refractivity contribution in [2.75, 3.05) is 0 Å². The molecule has 6 heteroatoms. The lowest BCUT2D eigenvalue weighted by Crippen LogP contribution is -2.18. The van der Waals surface area contributed by atoms with Crippen molar-refractivity contribution in [3.05, 3.63) is 21.9 Å². The Bertz CT molecular complexity index is 351. The minimum absolute atomic E-state index is 0.195. The molecule has 1 aromatic heterocycles. The molecule has 0 atom stereocenters. The van der Waals surface area contributed by atoms with Crippen molar-refractivity contribution < 1.29 is 17.9 Å². The smallest absolute Gasteiger partial charge is 0.405 e. The molecular weight excluding hydrogens is 263 g/mol. The highest BCUT2D eigenvalue weighted by molar-refractivity contribution is 9.10. The third-order valence-corrected chi connectivity index (χ3v) is 2.40. The SMILES string of the molecule is Cc1cnc(Br)c(C)c1OC(F)(F)F. The average molecular weight is 270 g/mol. The number of pyridine rings is 1. The van der Waals surface area contributed by atoms with Gasteiger partial charge in [0.15, 0.2) is 0 Å². The molecule has 0 aromatic carbocycles. The van der Waals surface area contributed by atoms with E-state index in [9.17, 15) is 13.2 Å². The number of ether oxygens (including phenoxy) is 1. The number of alkyl halides is 3. The molecule has 2 nitrogen and oxygen atoms in total. The third-order valence-electron chi connectivity index (χ3n) is 1.60. The van der Waals surface area contributed by atoms with E-state index in [1.54, 1.807) is 0 Å². The van der Waals surface area contributed by atoms with Crippen molar-refractivity contribution in [2.24, 2.45) is 0 Å². The number of aromatic nitrogens is 1. The van der Waals surface area contributed by atoms with Crippen molar-refractivity contribution >= 4 is 15.9 Å². The fourth-order valence-electron chi connectivity index (χ4n) is 0.971. The molecule has 0 aliphatic rings. The van der Waals surface area contributed by atoms with E-state index in [2.05, 4.69) is 25.7 Å². The van der Waals surface area contributed by atoms with Gasteiger partial charge in [0.25, 0.3) is 0 Å². The van der Waals surface area contributed by atoms with Gasteiger partial charge in [-0.1, -0.05) is 0 Å². The van der Waals surface area contributed by atoms with Crippen LogP contribution in [-0.2, 0) is 0 Å². The highest BCUT2D eigenvalue weighted by atomic mass is 79.9. The lowest BCUT2D eigenvalue weighted by atomic mass is 10.2. The summed E-state index contributed by atoms with van der Waals surface area (Å²) in [7, 11) is 0. The zero-order valence-electron chi connectivity index (χ0n) is 7.44. The van der Waals surface area contributed by atoms with Crippen LogP contribution < -0.4 is 4.74 Å². The van der Waals surface area contributed by atoms with E-state index in [-0.39, 0.29) is 5.75 Å². The minimum Gasteiger partial charge on any atom is -0.405 e. The summed E-state index contributed by atoms with van der Waals surface area (Å²) in [6.07, 6.45) is -3.35. The maximum absolute atomic E-state index is 12.0. The lowest BCUT2D eigenvalue weighted by Gasteiger charge is -2.13. The Kier molecular flexibility index (Phi) is 3.04. The van der Waals surface area contributed by atoms with Gasteiger partial charge in [-0.15, -0.1) is 13.2 Å². The van der Waals surface area contributed by atoms with E-state index in [1.165, 1.54) is 20.0 Å². The van der Waals surface area contributed by atoms with Gasteiger partial charge in [0.1, 0.15) is 10.4 Å². The van der Waals surface area contributed by atoms with Crippen LogP contribution in [0.25, 0.3) is 0 Å². The zero-order chi connectivity index (χ0) is 10.9. The molecule has 0 unspecified atom stereocenters. The van der Waals surface area contributed by atoms with Crippen molar-refractivity contribution in [3.8, 4) is 5.75 Å². The Morgan fingerprint density at radius 2 is 1.93 bits per heavy atom. The Balaban J connectivity index is 3.13. The average Bonchev–Trinajstić information content (AvgIpc) is 2.04. The number of hydrogen-bond donors (Lipinski definition) is 0. The zero-order valence-corrected chi connectivity index (χ0v) is 9.03. The quantitative estimate of drug-likeness (QED) is 0.730. The van der Waals surface area contributed by atoms with Crippen molar-refractivity contribution in [1.29, 1.82) is 0 Å². The Labute approximate surface area is 87.2 Å². The maximum atomic E-state index is 12.0. The molecule has 1 heterocycles. The van der Waals surface area contributed by atoms with Crippen LogP contribution in [-0.4, -0.2) is 11.3 Å². The fourth-order valence-corrected chi connectivity index (χ4v) is 1.25. The van der Waals surface area contributed by atoms with Crippen LogP contribution in [0.3, 0.4) is 0 Å². The van der Waals surface area contributed by atoms with E-state index in [0.29, 0.717) is 15.7 Å². The number of rotatable bonds is 1. The summed E-state index contributed by atoms with van der Waals surface area (Å²) in [6.45, 7) is 3.01. The number of hydrogen-bond acceptors (Lipinski definition) is 2. The Morgan fingerprint density at radius 3 is 2.43 bits per heavy atom. The Hall–Kier alpha value is -0.780. The van der Waals surface area contributed by atoms with Crippen LogP contribution in [0.1, 0.15) is 11.1 Å². The summed E-state index contributed by atoms with van der Waals surface area (Å²) in [6, 6.07) is 0. The van der Waals surface area contributed by atoms with Crippen molar-refractivity contribution in [2.45, 2.75) is 20.2 Å². The fraction of sp³-hybridized carbons (Fsp3) is 0.375. The molecule has 0 aliphatic heterocycles. The second-order valence-electron chi connectivity index (χ2n) is 2.73. The van der Waals surface area contributed by atoms with Gasteiger partial charge in [-0.25, -0.2) is 4.98 Å². The summed E-state index contributed by atoms with van der Waals surface area (Å²) in [5.41, 5.74) is 0.686. The van der Waals surface area contributed by atoms with E-state index in [1.807, 2.05) is 0 Å². The largest absolute Gasteiger partial charge is 0.573 e. The first-order chi connectivity index (χ1) is 6.31. The summed E-state index contributed by atoms with van der Waals surface area (Å²) < 4.78 is 40.1. The minimum atomic E-state index is -4.67. The molecule has 0 amide bonds. The van der Waals surface area contributed by atoms with E-state index in [4.69, 9.17) is 0 Å². The van der Waals surface area contributed by atoms with E-state index in [0.717, 1.165) is 0 Å². The van der Waals surface area contributed by atoms with Gasteiger partial charge in [-0.2, -0.15) is 0 Å². The summed E-state index contributed by atoms with van der Waals surface area (Å²) in [5, 5.41) is 0. The topological polar surface area (TPSA) is 22.1 Å². The highest BCUT2D eigenvalue weighted by Crippen LogP contribution is 2.31. The molecule has 0 bridgehead atoms. The molecule has 0 saturated heterocycles. The molecule has 0 aliphatic carbocycles. The van der Waals surface area contributed by atoms with Gasteiger partial charge in [0.05, 0.1) is 0 Å². The molecule has 0 spiro atoms. The predicted octanol–water partition coefficient (Wildman–Crippen LogP) is 3.36. The van der Waals surface area contributed by atoms with Gasteiger partial charge in [-0.3, -0.25) is 0 Å². The molecule has 14 heavy (non-hydrogen) atoms. The molecule has 0 radical (unpaired) electrons. The first-order valence-corrected chi connectivity index (χ1v) is 4.48. The first kappa shape index (κ1) is 11.3. The van der Waals surface area contributed by atoms with Gasteiger partial charge in [0.2, 0.25) is 0 Å². The lowest BCUT2D eigenvalue weighted by molar-refractivity contribution is -0.275. The van der Waals surface area contributed by atoms with Crippen LogP contribution in [0.4, 0.5) is 13.2 Å². The van der Waals surface area contributed by atoms with Crippen LogP contribution in [0.15, 0.2) is 10.8 Å². The third kappa shape index (κ3) is 2.60. The maximum Gasteiger partial charge on any atom is 0.573 e. The molecule has 0 saturated carbocycles. The second kappa shape index (κ2) is 3.76. The molecule has 1 aromatic rings. The predicted molar refractivity (Wildman–Crippen MR) is 48.1 cm³/mol. The van der Waals surface area contributed by atoms with Gasteiger partial charge >= 0.3 is 6.36 Å². The summed E-state index contributed by atoms with van der Waals surface area (Å²) in [5.74, 6) is -0.195. The van der Waals surface area contributed by atoms with E-state index >= 15 is 0 Å². The molecular formula is C8H7BrF3NO. The first-order valence-electron chi connectivity index (χ1n) is 3.68. The van der Waals surface area contributed by atoms with E-state index < -0.39 is 6.36 Å². The second-order valence-corrected chi connectivity index (χ2v) is 3.49. The van der Waals surface area contributed by atoms with Crippen molar-refractivity contribution in [3.63, 3.8) is 0 Å². The molecule has 1 rings (SSSR count). The van der Waals surface area contributed by atoms with Crippen LogP contribution in [0, 0.1) is 13.8 Å². The molecule has 0 fully saturated rings. The monoisotopic (exact) mass is 269 g/mol. The van der Waals surface area contributed by atoms with Crippen LogP contribution in [0.5, 0.6) is 5.75 Å². The number of nitrogens with zero attached hydrogens (tertiary/aromatic N) is 1. The number of halogens is 4. The van der Waals surface area contributed by atoms with Gasteiger partial charge in [0, 0.05) is 17.3 Å². The summed E-state index contributed by atoms with van der Waals surface area (Å²) >= 11 is 3.03. The molecule has 0 N–H and O–H groups in total. The van der Waals surface area contributed by atoms with Crippen molar-refractivity contribution in [1.82, 2.24) is 4.98 Å². The standard InChI is InChI=1S/C8H7BrF3NO/c1-4-3-13-7(9)5(2)6(4)14-8(10,11)12/h3H,1-2H3. The number of aryl methyl sites for hydroxylation is 1. The summed E-state index contributed by atoms with van der Waals surface area (Å²) in [4.78, 5) is 3.84. The van der Waals surface area contributed by atoms with Gasteiger partial charge in [-0.05, 0) is 29.8 Å².